The number of nitrogens with zero attached hydrogens (tertiary/aromatic N) is 3. The van der Waals surface area contributed by atoms with E-state index in [1.807, 2.05) is 0 Å². The summed E-state index contributed by atoms with van der Waals surface area (Å²) in [4.78, 5) is 5.23. The van der Waals surface area contributed by atoms with Crippen molar-refractivity contribution in [2.45, 2.75) is 64.2 Å². The maximum Gasteiger partial charge on any atom is 0.0967 e. The smallest absolute Gasteiger partial charge is 0.0967 e. The molecule has 0 aromatic rings. The fraction of sp³-hybridized carbons (Fsp3) is 0.933. The van der Waals surface area contributed by atoms with Crippen LogP contribution in [0.25, 0.3) is 0 Å². The molecule has 0 radical (unpaired) electrons. The van der Waals surface area contributed by atoms with Crippen LogP contribution in [-0.4, -0.2) is 60.1 Å². The minimum Gasteiger partial charge on any atom is -0.300 e. The maximum absolute atomic E-state index is 9.18. The van der Waals surface area contributed by atoms with Gasteiger partial charge in [0.05, 0.1) is 12.1 Å². The van der Waals surface area contributed by atoms with Crippen LogP contribution in [0.1, 0.15) is 40.0 Å². The van der Waals surface area contributed by atoms with Crippen LogP contribution in [0.15, 0.2) is 0 Å². The number of nitriles is 1. The first-order valence-electron chi connectivity index (χ1n) is 7.74. The molecule has 0 spiro atoms. The van der Waals surface area contributed by atoms with Crippen molar-refractivity contribution in [1.82, 2.24) is 15.1 Å². The van der Waals surface area contributed by atoms with Crippen LogP contribution < -0.4 is 5.32 Å². The van der Waals surface area contributed by atoms with E-state index < -0.39 is 0 Å². The fourth-order valence-corrected chi connectivity index (χ4v) is 3.44. The molecule has 0 aromatic carbocycles. The number of nitrogens with one attached hydrogen (secondary N) is 1. The minimum absolute atomic E-state index is 0.00573. The predicted octanol–water partition coefficient (Wildman–Crippen LogP) is 1.44. The zero-order valence-electron chi connectivity index (χ0n) is 12.6. The molecular formula is C15H28N4. The van der Waals surface area contributed by atoms with Crippen LogP contribution >= 0.6 is 0 Å². The molecule has 0 bridgehead atoms. The second-order valence-corrected chi connectivity index (χ2v) is 6.43. The molecule has 2 heterocycles. The highest BCUT2D eigenvalue weighted by Crippen LogP contribution is 2.24. The summed E-state index contributed by atoms with van der Waals surface area (Å²) in [5, 5.41) is 12.5. The fourth-order valence-electron chi connectivity index (χ4n) is 3.44. The Morgan fingerprint density at radius 3 is 2.84 bits per heavy atom. The molecule has 0 saturated carbocycles. The largest absolute Gasteiger partial charge is 0.300 e. The lowest BCUT2D eigenvalue weighted by molar-refractivity contribution is 0.0576. The molecule has 1 N–H and O–H groups in total. The lowest BCUT2D eigenvalue weighted by Crippen LogP contribution is -2.55. The number of hydrogen-bond donors (Lipinski definition) is 1. The van der Waals surface area contributed by atoms with E-state index in [9.17, 15) is 5.26 Å². The van der Waals surface area contributed by atoms with E-state index in [0.717, 1.165) is 19.0 Å². The standard InChI is InChI=1S/C15H28N4/c1-12(2)17-14(9-16)6-8-18-11-15-5-4-7-19(15)10-13(18)3/h12-15,17H,4-8,10-11H2,1-3H3. The second kappa shape index (κ2) is 6.69. The third kappa shape index (κ3) is 3.92. The number of rotatable bonds is 5. The Balaban J connectivity index is 1.80. The van der Waals surface area contributed by atoms with E-state index in [0.29, 0.717) is 12.1 Å². The third-order valence-electron chi connectivity index (χ3n) is 4.46. The third-order valence-corrected chi connectivity index (χ3v) is 4.46. The first-order valence-corrected chi connectivity index (χ1v) is 7.74. The molecule has 3 unspecified atom stereocenters. The van der Waals surface area contributed by atoms with E-state index in [2.05, 4.69) is 42.0 Å². The molecule has 4 nitrogen and oxygen atoms in total. The highest BCUT2D eigenvalue weighted by Gasteiger charge is 2.34. The van der Waals surface area contributed by atoms with Gasteiger partial charge in [0.2, 0.25) is 0 Å². The monoisotopic (exact) mass is 264 g/mol. The molecule has 0 aromatic heterocycles. The van der Waals surface area contributed by atoms with E-state index in [1.54, 1.807) is 0 Å². The summed E-state index contributed by atoms with van der Waals surface area (Å²) in [6.07, 6.45) is 3.65. The van der Waals surface area contributed by atoms with Crippen molar-refractivity contribution in [2.24, 2.45) is 0 Å². The predicted molar refractivity (Wildman–Crippen MR) is 77.9 cm³/mol. The summed E-state index contributed by atoms with van der Waals surface area (Å²) in [5.41, 5.74) is 0. The number of fused-ring (bicyclic) bond motifs is 1. The summed E-state index contributed by atoms with van der Waals surface area (Å²) < 4.78 is 0. The Hall–Kier alpha value is -0.630. The lowest BCUT2D eigenvalue weighted by Gasteiger charge is -2.42. The van der Waals surface area contributed by atoms with Crippen molar-refractivity contribution >= 4 is 0 Å². The van der Waals surface area contributed by atoms with Crippen molar-refractivity contribution in [3.05, 3.63) is 0 Å². The summed E-state index contributed by atoms with van der Waals surface area (Å²) in [6, 6.07) is 4.17. The molecule has 2 aliphatic rings. The van der Waals surface area contributed by atoms with E-state index in [4.69, 9.17) is 0 Å². The number of piperazine rings is 1. The van der Waals surface area contributed by atoms with Crippen LogP contribution in [-0.2, 0) is 0 Å². The minimum atomic E-state index is -0.00573. The van der Waals surface area contributed by atoms with E-state index >= 15 is 0 Å². The van der Waals surface area contributed by atoms with E-state index in [1.165, 1.54) is 32.5 Å². The molecule has 0 aliphatic carbocycles. The van der Waals surface area contributed by atoms with Crippen molar-refractivity contribution in [3.63, 3.8) is 0 Å². The number of hydrogen-bond acceptors (Lipinski definition) is 4. The van der Waals surface area contributed by atoms with Crippen LogP contribution in [0.3, 0.4) is 0 Å². The van der Waals surface area contributed by atoms with Gasteiger partial charge in [-0.2, -0.15) is 5.26 Å². The van der Waals surface area contributed by atoms with Gasteiger partial charge in [-0.05, 0) is 46.6 Å². The highest BCUT2D eigenvalue weighted by molar-refractivity contribution is 4.94. The molecule has 4 heteroatoms. The van der Waals surface area contributed by atoms with Gasteiger partial charge in [0.15, 0.2) is 0 Å². The summed E-state index contributed by atoms with van der Waals surface area (Å²) in [7, 11) is 0. The SMILES string of the molecule is CC(C)NC(C#N)CCN1CC2CCCN2CC1C. The first kappa shape index (κ1) is 14.8. The molecule has 2 aliphatic heterocycles. The molecule has 2 saturated heterocycles. The normalized spacial score (nSPS) is 30.3. The van der Waals surface area contributed by atoms with Gasteiger partial charge in [0.25, 0.3) is 0 Å². The van der Waals surface area contributed by atoms with Crippen LogP contribution in [0.5, 0.6) is 0 Å². The van der Waals surface area contributed by atoms with Crippen molar-refractivity contribution in [2.75, 3.05) is 26.2 Å². The second-order valence-electron chi connectivity index (χ2n) is 6.43. The molecule has 2 rings (SSSR count). The highest BCUT2D eigenvalue weighted by atomic mass is 15.3. The van der Waals surface area contributed by atoms with Gasteiger partial charge in [-0.25, -0.2) is 0 Å². The topological polar surface area (TPSA) is 42.3 Å². The Labute approximate surface area is 117 Å². The van der Waals surface area contributed by atoms with Crippen molar-refractivity contribution < 1.29 is 0 Å². The molecule has 3 atom stereocenters. The van der Waals surface area contributed by atoms with Crippen molar-refractivity contribution in [3.8, 4) is 6.07 Å². The molecule has 0 amide bonds. The first-order chi connectivity index (χ1) is 9.10. The lowest BCUT2D eigenvalue weighted by atomic mass is 10.1. The van der Waals surface area contributed by atoms with Gasteiger partial charge in [0.1, 0.15) is 0 Å². The van der Waals surface area contributed by atoms with Crippen LogP contribution in [0.2, 0.25) is 0 Å². The van der Waals surface area contributed by atoms with Crippen LogP contribution in [0.4, 0.5) is 0 Å². The van der Waals surface area contributed by atoms with Gasteiger partial charge in [-0.15, -0.1) is 0 Å². The van der Waals surface area contributed by atoms with Crippen LogP contribution in [0, 0.1) is 11.3 Å². The summed E-state index contributed by atoms with van der Waals surface area (Å²) in [5.74, 6) is 0. The Kier molecular flexibility index (Phi) is 5.20. The molecule has 19 heavy (non-hydrogen) atoms. The summed E-state index contributed by atoms with van der Waals surface area (Å²) >= 11 is 0. The zero-order chi connectivity index (χ0) is 13.8. The Bertz CT molecular complexity index is 323. The van der Waals surface area contributed by atoms with Gasteiger partial charge in [-0.3, -0.25) is 15.1 Å². The van der Waals surface area contributed by atoms with Gasteiger partial charge in [-0.1, -0.05) is 0 Å². The summed E-state index contributed by atoms with van der Waals surface area (Å²) in [6.45, 7) is 11.3. The van der Waals surface area contributed by atoms with Gasteiger partial charge >= 0.3 is 0 Å². The molecular weight excluding hydrogens is 236 g/mol. The zero-order valence-corrected chi connectivity index (χ0v) is 12.6. The molecule has 108 valence electrons. The van der Waals surface area contributed by atoms with E-state index in [-0.39, 0.29) is 6.04 Å². The molecule has 2 fully saturated rings. The average Bonchev–Trinajstić information content (AvgIpc) is 2.80. The Morgan fingerprint density at radius 1 is 1.37 bits per heavy atom. The van der Waals surface area contributed by atoms with Crippen molar-refractivity contribution in [1.29, 1.82) is 5.26 Å². The quantitative estimate of drug-likeness (QED) is 0.816. The Morgan fingerprint density at radius 2 is 2.16 bits per heavy atom. The van der Waals surface area contributed by atoms with Gasteiger partial charge in [0, 0.05) is 37.8 Å². The maximum atomic E-state index is 9.18. The van der Waals surface area contributed by atoms with Gasteiger partial charge < -0.3 is 0 Å². The average molecular weight is 264 g/mol.